The summed E-state index contributed by atoms with van der Waals surface area (Å²) in [6.07, 6.45) is 3.86. The standard InChI is InChI=1S/C11H14FNO/c1-3-11(14)8(2)4-9-5-10(12)7-13-6-9/h5-8H,3-4H2,1-2H3. The van der Waals surface area contributed by atoms with Crippen molar-refractivity contribution >= 4 is 5.78 Å². The van der Waals surface area contributed by atoms with E-state index < -0.39 is 0 Å². The first-order valence-corrected chi connectivity index (χ1v) is 4.75. The molecule has 0 N–H and O–H groups in total. The zero-order valence-electron chi connectivity index (χ0n) is 8.46. The molecule has 1 rings (SSSR count). The highest BCUT2D eigenvalue weighted by atomic mass is 19.1. The third-order valence-corrected chi connectivity index (χ3v) is 2.20. The Morgan fingerprint density at radius 3 is 2.86 bits per heavy atom. The lowest BCUT2D eigenvalue weighted by atomic mass is 9.97. The fourth-order valence-electron chi connectivity index (χ4n) is 1.38. The van der Waals surface area contributed by atoms with Gasteiger partial charge in [0, 0.05) is 18.5 Å². The second-order valence-corrected chi connectivity index (χ2v) is 3.44. The molecule has 0 bridgehead atoms. The second kappa shape index (κ2) is 4.84. The van der Waals surface area contributed by atoms with E-state index in [1.54, 1.807) is 6.20 Å². The van der Waals surface area contributed by atoms with Crippen molar-refractivity contribution in [3.05, 3.63) is 29.8 Å². The predicted molar refractivity (Wildman–Crippen MR) is 52.4 cm³/mol. The molecular weight excluding hydrogens is 181 g/mol. The fourth-order valence-corrected chi connectivity index (χ4v) is 1.38. The number of hydrogen-bond donors (Lipinski definition) is 0. The molecule has 1 heterocycles. The number of carbonyl (C=O) groups excluding carboxylic acids is 1. The molecule has 14 heavy (non-hydrogen) atoms. The third-order valence-electron chi connectivity index (χ3n) is 2.20. The average molecular weight is 195 g/mol. The van der Waals surface area contributed by atoms with E-state index in [0.717, 1.165) is 11.8 Å². The van der Waals surface area contributed by atoms with Crippen molar-refractivity contribution in [2.75, 3.05) is 0 Å². The number of halogens is 1. The summed E-state index contributed by atoms with van der Waals surface area (Å²) in [5.41, 5.74) is 0.777. The Morgan fingerprint density at radius 1 is 1.57 bits per heavy atom. The van der Waals surface area contributed by atoms with E-state index in [9.17, 15) is 9.18 Å². The number of pyridine rings is 1. The quantitative estimate of drug-likeness (QED) is 0.738. The van der Waals surface area contributed by atoms with Crippen LogP contribution in [-0.2, 0) is 11.2 Å². The minimum atomic E-state index is -0.348. The highest BCUT2D eigenvalue weighted by Gasteiger charge is 2.11. The smallest absolute Gasteiger partial charge is 0.141 e. The van der Waals surface area contributed by atoms with Gasteiger partial charge in [0.15, 0.2) is 0 Å². The van der Waals surface area contributed by atoms with Crippen LogP contribution in [0.5, 0.6) is 0 Å². The largest absolute Gasteiger partial charge is 0.299 e. The van der Waals surface area contributed by atoms with Gasteiger partial charge in [0.2, 0.25) is 0 Å². The maximum atomic E-state index is 12.8. The monoisotopic (exact) mass is 195 g/mol. The number of carbonyl (C=O) groups is 1. The molecule has 0 radical (unpaired) electrons. The van der Waals surface area contributed by atoms with Crippen LogP contribution in [0.4, 0.5) is 4.39 Å². The first kappa shape index (κ1) is 10.8. The Labute approximate surface area is 83.2 Å². The van der Waals surface area contributed by atoms with Gasteiger partial charge in [0.05, 0.1) is 6.20 Å². The predicted octanol–water partition coefficient (Wildman–Crippen LogP) is 2.38. The van der Waals surface area contributed by atoms with Crippen LogP contribution in [0.3, 0.4) is 0 Å². The molecule has 3 heteroatoms. The van der Waals surface area contributed by atoms with Crippen molar-refractivity contribution in [1.29, 1.82) is 0 Å². The van der Waals surface area contributed by atoms with Crippen molar-refractivity contribution in [3.8, 4) is 0 Å². The van der Waals surface area contributed by atoms with E-state index in [4.69, 9.17) is 0 Å². The Kier molecular flexibility index (Phi) is 3.74. The summed E-state index contributed by atoms with van der Waals surface area (Å²) in [4.78, 5) is 15.0. The van der Waals surface area contributed by atoms with Crippen LogP contribution in [0.15, 0.2) is 18.5 Å². The molecule has 0 saturated carbocycles. The van der Waals surface area contributed by atoms with E-state index in [1.165, 1.54) is 6.07 Å². The summed E-state index contributed by atoms with van der Waals surface area (Å²) in [5.74, 6) is -0.198. The van der Waals surface area contributed by atoms with Crippen molar-refractivity contribution in [2.45, 2.75) is 26.7 Å². The van der Waals surface area contributed by atoms with Gasteiger partial charge in [-0.2, -0.15) is 0 Å². The van der Waals surface area contributed by atoms with Gasteiger partial charge in [-0.25, -0.2) is 4.39 Å². The maximum absolute atomic E-state index is 12.8. The van der Waals surface area contributed by atoms with E-state index in [0.29, 0.717) is 12.8 Å². The summed E-state index contributed by atoms with van der Waals surface area (Å²) >= 11 is 0. The Bertz CT molecular complexity index is 325. The summed E-state index contributed by atoms with van der Waals surface area (Å²) in [6, 6.07) is 1.42. The fraction of sp³-hybridized carbons (Fsp3) is 0.455. The number of nitrogens with zero attached hydrogens (tertiary/aromatic N) is 1. The topological polar surface area (TPSA) is 30.0 Å². The normalized spacial score (nSPS) is 12.5. The summed E-state index contributed by atoms with van der Waals surface area (Å²) < 4.78 is 12.8. The van der Waals surface area contributed by atoms with Gasteiger partial charge in [-0.1, -0.05) is 13.8 Å². The van der Waals surface area contributed by atoms with Gasteiger partial charge in [-0.3, -0.25) is 9.78 Å². The lowest BCUT2D eigenvalue weighted by molar-refractivity contribution is -0.122. The van der Waals surface area contributed by atoms with Crippen molar-refractivity contribution < 1.29 is 9.18 Å². The van der Waals surface area contributed by atoms with Crippen LogP contribution in [0.1, 0.15) is 25.8 Å². The van der Waals surface area contributed by atoms with Crippen LogP contribution in [0, 0.1) is 11.7 Å². The lowest BCUT2D eigenvalue weighted by Gasteiger charge is -2.08. The molecule has 1 atom stereocenters. The number of ketones is 1. The third kappa shape index (κ3) is 2.91. The molecule has 76 valence electrons. The first-order valence-electron chi connectivity index (χ1n) is 4.75. The molecule has 0 aliphatic heterocycles. The molecule has 0 aromatic carbocycles. The molecule has 2 nitrogen and oxygen atoms in total. The van der Waals surface area contributed by atoms with Gasteiger partial charge in [-0.05, 0) is 18.1 Å². The van der Waals surface area contributed by atoms with Crippen molar-refractivity contribution in [3.63, 3.8) is 0 Å². The number of hydrogen-bond acceptors (Lipinski definition) is 2. The number of Topliss-reactive ketones (excluding diaryl/α,β-unsaturated/α-hetero) is 1. The highest BCUT2D eigenvalue weighted by Crippen LogP contribution is 2.10. The minimum absolute atomic E-state index is 0.0522. The van der Waals surface area contributed by atoms with Gasteiger partial charge >= 0.3 is 0 Å². The maximum Gasteiger partial charge on any atom is 0.141 e. The molecule has 0 amide bonds. The van der Waals surface area contributed by atoms with Crippen LogP contribution in [0.25, 0.3) is 0 Å². The zero-order valence-corrected chi connectivity index (χ0v) is 8.46. The van der Waals surface area contributed by atoms with Crippen LogP contribution < -0.4 is 0 Å². The molecule has 0 aliphatic carbocycles. The summed E-state index contributed by atoms with van der Waals surface area (Å²) in [5, 5.41) is 0. The molecule has 0 spiro atoms. The van der Waals surface area contributed by atoms with E-state index >= 15 is 0 Å². The molecule has 0 aliphatic rings. The summed E-state index contributed by atoms with van der Waals surface area (Å²) in [6.45, 7) is 3.69. The molecule has 1 aromatic rings. The van der Waals surface area contributed by atoms with E-state index in [-0.39, 0.29) is 17.5 Å². The van der Waals surface area contributed by atoms with E-state index in [2.05, 4.69) is 4.98 Å². The SMILES string of the molecule is CCC(=O)C(C)Cc1cncc(F)c1. The van der Waals surface area contributed by atoms with Gasteiger partial charge < -0.3 is 0 Å². The lowest BCUT2D eigenvalue weighted by Crippen LogP contribution is -2.12. The zero-order chi connectivity index (χ0) is 10.6. The molecule has 1 aromatic heterocycles. The molecule has 0 saturated heterocycles. The van der Waals surface area contributed by atoms with Gasteiger partial charge in [0.1, 0.15) is 11.6 Å². The number of aromatic nitrogens is 1. The summed E-state index contributed by atoms with van der Waals surface area (Å²) in [7, 11) is 0. The molecule has 0 fully saturated rings. The first-order chi connectivity index (χ1) is 6.63. The Balaban J connectivity index is 2.64. The Morgan fingerprint density at radius 2 is 2.29 bits per heavy atom. The Hall–Kier alpha value is -1.25. The van der Waals surface area contributed by atoms with Crippen LogP contribution >= 0.6 is 0 Å². The van der Waals surface area contributed by atoms with Gasteiger partial charge in [-0.15, -0.1) is 0 Å². The van der Waals surface area contributed by atoms with Crippen molar-refractivity contribution in [1.82, 2.24) is 4.98 Å². The highest BCUT2D eigenvalue weighted by molar-refractivity contribution is 5.80. The van der Waals surface area contributed by atoms with Gasteiger partial charge in [0.25, 0.3) is 0 Å². The number of rotatable bonds is 4. The second-order valence-electron chi connectivity index (χ2n) is 3.44. The van der Waals surface area contributed by atoms with Crippen LogP contribution in [0.2, 0.25) is 0 Å². The molecule has 1 unspecified atom stereocenters. The molecular formula is C11H14FNO. The van der Waals surface area contributed by atoms with Crippen molar-refractivity contribution in [2.24, 2.45) is 5.92 Å². The minimum Gasteiger partial charge on any atom is -0.299 e. The van der Waals surface area contributed by atoms with E-state index in [1.807, 2.05) is 13.8 Å². The van der Waals surface area contributed by atoms with Crippen LogP contribution in [-0.4, -0.2) is 10.8 Å². The average Bonchev–Trinajstić information content (AvgIpc) is 2.16.